The Bertz CT molecular complexity index is 605. The Morgan fingerprint density at radius 3 is 2.77 bits per heavy atom. The number of hydrogen-bond acceptors (Lipinski definition) is 4. The van der Waals surface area contributed by atoms with Gasteiger partial charge in [0.1, 0.15) is 6.61 Å². The van der Waals surface area contributed by atoms with Gasteiger partial charge in [-0.3, -0.25) is 4.79 Å². The lowest BCUT2D eigenvalue weighted by Crippen LogP contribution is -2.56. The lowest BCUT2D eigenvalue weighted by atomic mass is 9.46. The van der Waals surface area contributed by atoms with Gasteiger partial charge < -0.3 is 14.9 Å². The fourth-order valence-corrected chi connectivity index (χ4v) is 5.94. The lowest BCUT2D eigenvalue weighted by molar-refractivity contribution is -0.178. The van der Waals surface area contributed by atoms with Crippen LogP contribution in [0.25, 0.3) is 0 Å². The van der Waals surface area contributed by atoms with Crippen molar-refractivity contribution in [3.8, 4) is 0 Å². The average Bonchev–Trinajstić information content (AvgIpc) is 2.64. The van der Waals surface area contributed by atoms with Gasteiger partial charge in [0.2, 0.25) is 0 Å². The fourth-order valence-electron chi connectivity index (χ4n) is 5.94. The molecule has 3 rings (SSSR count). The first kappa shape index (κ1) is 19.6. The Labute approximate surface area is 157 Å². The van der Waals surface area contributed by atoms with E-state index >= 15 is 0 Å². The number of carbonyl (C=O) groups excluding carboxylic acids is 1. The van der Waals surface area contributed by atoms with Gasteiger partial charge in [0.05, 0.1) is 18.6 Å². The predicted octanol–water partition coefficient (Wildman–Crippen LogP) is 3.63. The van der Waals surface area contributed by atoms with E-state index in [9.17, 15) is 9.90 Å². The number of esters is 1. The van der Waals surface area contributed by atoms with Crippen molar-refractivity contribution in [2.24, 2.45) is 28.6 Å². The molecule has 4 nitrogen and oxygen atoms in total. The summed E-state index contributed by atoms with van der Waals surface area (Å²) in [6.45, 7) is 6.51. The van der Waals surface area contributed by atoms with Crippen molar-refractivity contribution in [1.82, 2.24) is 0 Å². The molecule has 1 unspecified atom stereocenters. The summed E-state index contributed by atoms with van der Waals surface area (Å²) in [5.41, 5.74) is 2.16. The van der Waals surface area contributed by atoms with Crippen LogP contribution in [0.3, 0.4) is 0 Å². The number of allylic oxidation sites excluding steroid dienone is 4. The van der Waals surface area contributed by atoms with Crippen molar-refractivity contribution >= 4 is 5.97 Å². The molecule has 1 fully saturated rings. The van der Waals surface area contributed by atoms with Gasteiger partial charge in [0.25, 0.3) is 0 Å². The van der Waals surface area contributed by atoms with E-state index in [-0.39, 0.29) is 37.1 Å². The maximum Gasteiger partial charge on any atom is 0.314 e. The molecule has 0 spiro atoms. The van der Waals surface area contributed by atoms with Crippen LogP contribution in [-0.4, -0.2) is 36.0 Å². The molecular formula is C22H34O4. The Morgan fingerprint density at radius 1 is 1.35 bits per heavy atom. The van der Waals surface area contributed by atoms with Crippen molar-refractivity contribution < 1.29 is 19.7 Å². The summed E-state index contributed by atoms with van der Waals surface area (Å²) in [6, 6.07) is 0. The molecule has 2 N–H and O–H groups in total. The molecule has 3 aliphatic rings. The van der Waals surface area contributed by atoms with Crippen LogP contribution >= 0.6 is 0 Å². The monoisotopic (exact) mass is 362 g/mol. The van der Waals surface area contributed by atoms with E-state index in [1.807, 2.05) is 0 Å². The van der Waals surface area contributed by atoms with Crippen LogP contribution in [0.15, 0.2) is 23.3 Å². The highest BCUT2D eigenvalue weighted by Gasteiger charge is 2.59. The minimum absolute atomic E-state index is 0.00895. The topological polar surface area (TPSA) is 66.8 Å². The van der Waals surface area contributed by atoms with Gasteiger partial charge >= 0.3 is 5.97 Å². The quantitative estimate of drug-likeness (QED) is 0.733. The molecule has 4 atom stereocenters. The van der Waals surface area contributed by atoms with Crippen LogP contribution in [0.1, 0.15) is 59.3 Å². The number of aliphatic hydroxyl groups is 2. The van der Waals surface area contributed by atoms with E-state index in [4.69, 9.17) is 9.84 Å². The maximum atomic E-state index is 12.9. The summed E-state index contributed by atoms with van der Waals surface area (Å²) < 4.78 is 5.32. The molecule has 1 saturated carbocycles. The van der Waals surface area contributed by atoms with Gasteiger partial charge in [-0.15, -0.1) is 0 Å². The number of aliphatic hydroxyl groups excluding tert-OH is 2. The molecule has 0 heterocycles. The summed E-state index contributed by atoms with van der Waals surface area (Å²) in [5, 5.41) is 19.3. The lowest BCUT2D eigenvalue weighted by Gasteiger charge is -2.57. The van der Waals surface area contributed by atoms with E-state index in [0.29, 0.717) is 18.3 Å². The molecular weight excluding hydrogens is 328 g/mol. The minimum atomic E-state index is -0.827. The largest absolute Gasteiger partial charge is 0.463 e. The van der Waals surface area contributed by atoms with Crippen molar-refractivity contribution in [2.75, 3.05) is 19.8 Å². The Balaban J connectivity index is 1.95. The third kappa shape index (κ3) is 3.05. The third-order valence-electron chi connectivity index (χ3n) is 7.42. The van der Waals surface area contributed by atoms with E-state index in [2.05, 4.69) is 32.9 Å². The van der Waals surface area contributed by atoms with Gasteiger partial charge in [-0.2, -0.15) is 0 Å². The first-order valence-corrected chi connectivity index (χ1v) is 10.2. The molecule has 0 amide bonds. The minimum Gasteiger partial charge on any atom is -0.463 e. The van der Waals surface area contributed by atoms with Gasteiger partial charge in [0.15, 0.2) is 0 Å². The second-order valence-corrected chi connectivity index (χ2v) is 8.99. The fraction of sp³-hybridized carbons (Fsp3) is 0.773. The van der Waals surface area contributed by atoms with Crippen LogP contribution in [0, 0.1) is 28.6 Å². The summed E-state index contributed by atoms with van der Waals surface area (Å²) in [5.74, 6) is 0.818. The first-order valence-electron chi connectivity index (χ1n) is 10.2. The van der Waals surface area contributed by atoms with E-state index < -0.39 is 5.41 Å². The third-order valence-corrected chi connectivity index (χ3v) is 7.42. The van der Waals surface area contributed by atoms with Crippen molar-refractivity contribution in [3.05, 3.63) is 23.3 Å². The molecule has 146 valence electrons. The zero-order chi connectivity index (χ0) is 18.9. The zero-order valence-electron chi connectivity index (χ0n) is 16.5. The molecule has 4 heteroatoms. The number of carbonyl (C=O) groups is 1. The number of ether oxygens (including phenoxy) is 1. The maximum absolute atomic E-state index is 12.9. The average molecular weight is 363 g/mol. The summed E-state index contributed by atoms with van der Waals surface area (Å²) in [6.07, 6.45) is 10.5. The normalized spacial score (nSPS) is 36.7. The SMILES string of the molecule is CC(C)C1=CC2=CCC3[C@](CO)(C(=O)OCCO)CCC[C@]3(C)[C@H]2CC1. The van der Waals surface area contributed by atoms with Crippen LogP contribution in [-0.2, 0) is 9.53 Å². The van der Waals surface area contributed by atoms with E-state index in [1.165, 1.54) is 11.1 Å². The van der Waals surface area contributed by atoms with Crippen LogP contribution in [0.2, 0.25) is 0 Å². The summed E-state index contributed by atoms with van der Waals surface area (Å²) in [4.78, 5) is 12.9. The number of rotatable bonds is 5. The molecule has 0 aliphatic heterocycles. The van der Waals surface area contributed by atoms with Gasteiger partial charge in [-0.25, -0.2) is 0 Å². The predicted molar refractivity (Wildman–Crippen MR) is 101 cm³/mol. The zero-order valence-corrected chi connectivity index (χ0v) is 16.5. The van der Waals surface area contributed by atoms with Crippen LogP contribution in [0.4, 0.5) is 0 Å². The van der Waals surface area contributed by atoms with E-state index in [1.54, 1.807) is 0 Å². The number of hydrogen-bond donors (Lipinski definition) is 2. The summed E-state index contributed by atoms with van der Waals surface area (Å²) >= 11 is 0. The first-order chi connectivity index (χ1) is 12.4. The van der Waals surface area contributed by atoms with Crippen molar-refractivity contribution in [3.63, 3.8) is 0 Å². The standard InChI is InChI=1S/C22H34O4/c1-15(2)16-5-7-18-17(13-16)6-8-19-21(18,3)9-4-10-22(19,14-24)20(25)26-12-11-23/h6,13,15,18-19,23-24H,4-5,7-12,14H2,1-3H3/t18-,19?,21+,22-/m0/s1. The molecule has 26 heavy (non-hydrogen) atoms. The van der Waals surface area contributed by atoms with Gasteiger partial charge in [0, 0.05) is 0 Å². The van der Waals surface area contributed by atoms with Crippen LogP contribution < -0.4 is 0 Å². The highest BCUT2D eigenvalue weighted by molar-refractivity contribution is 5.78. The Hall–Kier alpha value is -1.13. The number of fused-ring (bicyclic) bond motifs is 3. The smallest absolute Gasteiger partial charge is 0.314 e. The summed E-state index contributed by atoms with van der Waals surface area (Å²) in [7, 11) is 0. The van der Waals surface area contributed by atoms with Gasteiger partial charge in [-0.1, -0.05) is 44.9 Å². The van der Waals surface area contributed by atoms with E-state index in [0.717, 1.165) is 32.1 Å². The highest BCUT2D eigenvalue weighted by Crippen LogP contribution is 2.62. The molecule has 0 aromatic carbocycles. The van der Waals surface area contributed by atoms with Crippen molar-refractivity contribution in [2.45, 2.75) is 59.3 Å². The van der Waals surface area contributed by atoms with Gasteiger partial charge in [-0.05, 0) is 60.8 Å². The molecule has 0 radical (unpaired) electrons. The molecule has 0 aromatic rings. The Morgan fingerprint density at radius 2 is 2.12 bits per heavy atom. The second-order valence-electron chi connectivity index (χ2n) is 8.99. The van der Waals surface area contributed by atoms with Crippen LogP contribution in [0.5, 0.6) is 0 Å². The molecule has 0 aromatic heterocycles. The van der Waals surface area contributed by atoms with Crippen molar-refractivity contribution in [1.29, 1.82) is 0 Å². The highest BCUT2D eigenvalue weighted by atomic mass is 16.5. The Kier molecular flexibility index (Phi) is 5.64. The molecule has 0 saturated heterocycles. The second kappa shape index (κ2) is 7.47. The molecule has 3 aliphatic carbocycles. The molecule has 0 bridgehead atoms.